The lowest BCUT2D eigenvalue weighted by Crippen LogP contribution is -1.86. The lowest BCUT2D eigenvalue weighted by Gasteiger charge is -2.11. The minimum Gasteiger partial charge on any atom is -0.0622 e. The minimum atomic E-state index is -0.703. The van der Waals surface area contributed by atoms with Gasteiger partial charge in [-0.25, -0.2) is 0 Å². The fourth-order valence-corrected chi connectivity index (χ4v) is 1.62. The van der Waals surface area contributed by atoms with Crippen molar-refractivity contribution in [3.05, 3.63) is 84.1 Å². The summed E-state index contributed by atoms with van der Waals surface area (Å²) < 4.78 is 106. The first-order chi connectivity index (χ1) is 14.7. The molecule has 0 heterocycles. The molecule has 0 bridgehead atoms. The molecule has 3 aromatic carbocycles. The van der Waals surface area contributed by atoms with Gasteiger partial charge in [-0.3, -0.25) is 0 Å². The fraction of sp³-hybridized carbons (Fsp3) is 0.0526. The molecule has 0 spiro atoms. The van der Waals surface area contributed by atoms with Crippen molar-refractivity contribution in [2.45, 2.75) is 6.92 Å². The van der Waals surface area contributed by atoms with E-state index < -0.39 is 95.2 Å². The zero-order chi connectivity index (χ0) is 24.4. The van der Waals surface area contributed by atoms with E-state index in [-0.39, 0.29) is 11.1 Å². The normalized spacial score (nSPS) is 19.9. The molecule has 3 rings (SSSR count). The maximum Gasteiger partial charge on any atom is 0.0632 e. The summed E-state index contributed by atoms with van der Waals surface area (Å²) in [6.45, 7) is 1.35. The Morgan fingerprint density at radius 3 is 1.74 bits per heavy atom. The van der Waals surface area contributed by atoms with Crippen LogP contribution in [0.1, 0.15) is 23.4 Å². The van der Waals surface area contributed by atoms with Crippen molar-refractivity contribution < 1.29 is 17.8 Å². The number of benzene rings is 3. The van der Waals surface area contributed by atoms with Crippen LogP contribution in [-0.4, -0.2) is 0 Å². The average molecular weight is 257 g/mol. The van der Waals surface area contributed by atoms with Crippen LogP contribution in [0.4, 0.5) is 0 Å². The van der Waals surface area contributed by atoms with E-state index in [1.54, 1.807) is 0 Å². The van der Waals surface area contributed by atoms with Gasteiger partial charge in [-0.1, -0.05) is 84.1 Å². The van der Waals surface area contributed by atoms with Crippen LogP contribution in [0.2, 0.25) is 0 Å². The third kappa shape index (κ3) is 2.43. The first-order valence-corrected chi connectivity index (χ1v) is 5.50. The van der Waals surface area contributed by atoms with Gasteiger partial charge in [0.2, 0.25) is 0 Å². The van der Waals surface area contributed by atoms with Crippen LogP contribution in [0.15, 0.2) is 78.6 Å². The highest BCUT2D eigenvalue weighted by Crippen LogP contribution is 2.32. The van der Waals surface area contributed by atoms with E-state index >= 15 is 0 Å². The highest BCUT2D eigenvalue weighted by Gasteiger charge is 2.06. The second-order valence-electron chi connectivity index (χ2n) is 3.75. The lowest BCUT2D eigenvalue weighted by atomic mass is 9.93. The third-order valence-corrected chi connectivity index (χ3v) is 2.44. The van der Waals surface area contributed by atoms with Gasteiger partial charge >= 0.3 is 0 Å². The van der Waals surface area contributed by atoms with Crippen molar-refractivity contribution in [2.75, 3.05) is 0 Å². The van der Waals surface area contributed by atoms with E-state index in [1.807, 2.05) is 0 Å². The molecule has 0 saturated carbocycles. The molecule has 0 aromatic heterocycles. The summed E-state index contributed by atoms with van der Waals surface area (Å²) in [6, 6.07) is -8.32. The number of hydrogen-bond donors (Lipinski definition) is 0. The summed E-state index contributed by atoms with van der Waals surface area (Å²) in [6.07, 6.45) is 0. The first kappa shape index (κ1) is 4.08. The van der Waals surface area contributed by atoms with E-state index in [0.717, 1.165) is 0 Å². The van der Waals surface area contributed by atoms with Crippen LogP contribution in [0, 0.1) is 6.92 Å². The lowest BCUT2D eigenvalue weighted by molar-refractivity contribution is 1.46. The molecule has 0 N–H and O–H groups in total. The number of hydrogen-bond acceptors (Lipinski definition) is 0. The van der Waals surface area contributed by atoms with E-state index in [9.17, 15) is 0 Å². The molecule has 0 unspecified atom stereocenters. The summed E-state index contributed by atoms with van der Waals surface area (Å²) in [5.41, 5.74) is -1.74. The fourth-order valence-electron chi connectivity index (χ4n) is 1.62. The van der Waals surface area contributed by atoms with Crippen LogP contribution in [-0.2, 0) is 0 Å². The summed E-state index contributed by atoms with van der Waals surface area (Å²) >= 11 is 0. The van der Waals surface area contributed by atoms with Gasteiger partial charge in [0.05, 0.1) is 17.8 Å². The first-order valence-electron chi connectivity index (χ1n) is 12.0. The summed E-state index contributed by atoms with van der Waals surface area (Å²) in [4.78, 5) is 0. The molecule has 0 nitrogen and oxygen atoms in total. The van der Waals surface area contributed by atoms with Crippen LogP contribution in [0.3, 0.4) is 0 Å². The molecule has 0 aliphatic rings. The Labute approximate surface area is 132 Å². The van der Waals surface area contributed by atoms with Gasteiger partial charge in [0.1, 0.15) is 0 Å². The zero-order valence-electron chi connectivity index (χ0n) is 23.0. The Hall–Kier alpha value is -2.34. The minimum absolute atomic E-state index is 0.0204. The van der Waals surface area contributed by atoms with E-state index in [2.05, 4.69) is 0 Å². The standard InChI is InChI=1S/C19H16/c1-15-12-13-18(16-8-4-2-5-9-16)19(14-15)17-10-6-3-7-11-17/h2-14H,1H3/i2D,3D,4D,5D,6D,7D,8D,9D,10D,11D,12D,13D,14D. The summed E-state index contributed by atoms with van der Waals surface area (Å²) in [5, 5.41) is 0. The molecule has 92 valence electrons. The van der Waals surface area contributed by atoms with Crippen molar-refractivity contribution in [1.82, 2.24) is 0 Å². The monoisotopic (exact) mass is 257 g/mol. The Morgan fingerprint density at radius 2 is 1.16 bits per heavy atom. The molecular formula is C19H16. The molecule has 0 atom stereocenters. The van der Waals surface area contributed by atoms with Gasteiger partial charge in [0.15, 0.2) is 0 Å². The molecule has 0 saturated heterocycles. The Morgan fingerprint density at radius 1 is 0.632 bits per heavy atom. The summed E-state index contributed by atoms with van der Waals surface area (Å²) in [5.74, 6) is 0. The molecule has 0 radical (unpaired) electrons. The summed E-state index contributed by atoms with van der Waals surface area (Å²) in [7, 11) is 0. The van der Waals surface area contributed by atoms with Gasteiger partial charge in [0, 0.05) is 0 Å². The molecule has 0 fully saturated rings. The van der Waals surface area contributed by atoms with Crippen molar-refractivity contribution in [1.29, 1.82) is 0 Å². The van der Waals surface area contributed by atoms with E-state index in [1.165, 1.54) is 6.92 Å². The molecule has 0 aliphatic carbocycles. The SMILES string of the molecule is [2H]c1c([2H])c([2H])c(-c2c([2H])c([2H])c(C)c([2H])c2-c2c([2H])c([2H])c([2H])c([2H])c2[2H])c([2H])c1[2H]. The quantitative estimate of drug-likeness (QED) is 0.582. The smallest absolute Gasteiger partial charge is 0.0622 e. The van der Waals surface area contributed by atoms with Crippen LogP contribution < -0.4 is 0 Å². The van der Waals surface area contributed by atoms with E-state index in [4.69, 9.17) is 17.8 Å². The Bertz CT molecular complexity index is 1150. The van der Waals surface area contributed by atoms with Crippen molar-refractivity contribution in [3.8, 4) is 22.3 Å². The molecular weight excluding hydrogens is 228 g/mol. The maximum absolute atomic E-state index is 8.55. The highest BCUT2D eigenvalue weighted by molar-refractivity contribution is 5.83. The van der Waals surface area contributed by atoms with Gasteiger partial charge in [0.25, 0.3) is 0 Å². The van der Waals surface area contributed by atoms with Gasteiger partial charge in [-0.15, -0.1) is 0 Å². The predicted octanol–water partition coefficient (Wildman–Crippen LogP) is 5.33. The Kier molecular flexibility index (Phi) is 1.10. The average Bonchev–Trinajstić information content (AvgIpc) is 2.77. The van der Waals surface area contributed by atoms with Crippen LogP contribution >= 0.6 is 0 Å². The van der Waals surface area contributed by atoms with Crippen molar-refractivity contribution in [2.24, 2.45) is 0 Å². The maximum atomic E-state index is 8.55. The zero-order valence-corrected chi connectivity index (χ0v) is 10.0. The van der Waals surface area contributed by atoms with Gasteiger partial charge < -0.3 is 0 Å². The van der Waals surface area contributed by atoms with Crippen molar-refractivity contribution >= 4 is 0 Å². The largest absolute Gasteiger partial charge is 0.0632 e. The van der Waals surface area contributed by atoms with Gasteiger partial charge in [-0.2, -0.15) is 0 Å². The number of rotatable bonds is 2. The molecule has 3 aromatic rings. The molecule has 0 heteroatoms. The van der Waals surface area contributed by atoms with Crippen LogP contribution in [0.25, 0.3) is 22.3 Å². The Balaban J connectivity index is 2.69. The third-order valence-electron chi connectivity index (χ3n) is 2.44. The van der Waals surface area contributed by atoms with Crippen LogP contribution in [0.5, 0.6) is 0 Å². The van der Waals surface area contributed by atoms with Crippen molar-refractivity contribution in [3.63, 3.8) is 0 Å². The topological polar surface area (TPSA) is 0 Å². The molecule has 0 aliphatic heterocycles. The van der Waals surface area contributed by atoms with Gasteiger partial charge in [-0.05, 0) is 29.2 Å². The van der Waals surface area contributed by atoms with E-state index in [0.29, 0.717) is 0 Å². The highest BCUT2D eigenvalue weighted by atomic mass is 14.1. The second kappa shape index (κ2) is 5.11. The molecule has 19 heavy (non-hydrogen) atoms. The second-order valence-corrected chi connectivity index (χ2v) is 3.75. The predicted molar refractivity (Wildman–Crippen MR) is 82.1 cm³/mol. The molecule has 0 amide bonds.